The van der Waals surface area contributed by atoms with Crippen LogP contribution in [0.3, 0.4) is 0 Å². The lowest BCUT2D eigenvalue weighted by molar-refractivity contribution is 0.690. The maximum absolute atomic E-state index is 4.54. The van der Waals surface area contributed by atoms with E-state index < -0.39 is 0 Å². The van der Waals surface area contributed by atoms with Crippen molar-refractivity contribution in [1.29, 1.82) is 0 Å². The molecule has 0 saturated heterocycles. The Labute approximate surface area is 77.7 Å². The molecule has 1 unspecified atom stereocenters. The molecule has 0 radical (unpaired) electrons. The van der Waals surface area contributed by atoms with Gasteiger partial charge in [0.15, 0.2) is 0 Å². The average Bonchev–Trinajstić information content (AvgIpc) is 1.84. The minimum Gasteiger partial charge on any atom is -0.161 e. The lowest BCUT2D eigenvalue weighted by atomic mass is 10.2. The highest BCUT2D eigenvalue weighted by Gasteiger charge is 2.17. The Balaban J connectivity index is 3.42. The zero-order valence-corrected chi connectivity index (χ0v) is 9.41. The van der Waals surface area contributed by atoms with Gasteiger partial charge in [-0.2, -0.15) is 12.6 Å². The van der Waals surface area contributed by atoms with Crippen LogP contribution in [0.4, 0.5) is 0 Å². The maximum Gasteiger partial charge on any atom is 0.0656 e. The van der Waals surface area contributed by atoms with E-state index in [0.29, 0.717) is 0 Å². The van der Waals surface area contributed by atoms with Crippen LogP contribution in [0.2, 0.25) is 0 Å². The molecule has 10 heavy (non-hydrogen) atoms. The molecule has 0 spiro atoms. The van der Waals surface area contributed by atoms with E-state index in [2.05, 4.69) is 32.7 Å². The number of thiol groups is 1. The Morgan fingerprint density at radius 2 is 2.10 bits per heavy atom. The fourth-order valence-electron chi connectivity index (χ4n) is 0.726. The van der Waals surface area contributed by atoms with Crippen molar-refractivity contribution in [3.63, 3.8) is 0 Å². The van der Waals surface area contributed by atoms with Gasteiger partial charge in [-0.1, -0.05) is 41.4 Å². The fraction of sp³-hybridized carbons (Fsp3) is 1.00. The largest absolute Gasteiger partial charge is 0.161 e. The molecule has 1 atom stereocenters. The molecule has 0 N–H and O–H groups in total. The van der Waals surface area contributed by atoms with Crippen LogP contribution in [0.5, 0.6) is 0 Å². The summed E-state index contributed by atoms with van der Waals surface area (Å²) in [6.07, 6.45) is 5.86. The summed E-state index contributed by atoms with van der Waals surface area (Å²) in [5.41, 5.74) is 0. The standard InChI is InChI=1S/C7H16S3/c1-4-5-6-7(2,8)10-9-3/h8H,4-6H2,1-3H3. The number of hydrogen-bond donors (Lipinski definition) is 1. The predicted octanol–water partition coefficient (Wildman–Crippen LogP) is 3.83. The second kappa shape index (κ2) is 5.67. The van der Waals surface area contributed by atoms with Crippen molar-refractivity contribution in [3.8, 4) is 0 Å². The van der Waals surface area contributed by atoms with Gasteiger partial charge >= 0.3 is 0 Å². The first-order valence-corrected chi connectivity index (χ1v) is 6.57. The van der Waals surface area contributed by atoms with Crippen molar-refractivity contribution >= 4 is 34.2 Å². The molecule has 0 aliphatic rings. The van der Waals surface area contributed by atoms with Crippen LogP contribution in [0.25, 0.3) is 0 Å². The van der Waals surface area contributed by atoms with Crippen molar-refractivity contribution < 1.29 is 0 Å². The van der Waals surface area contributed by atoms with Gasteiger partial charge in [0.2, 0.25) is 0 Å². The van der Waals surface area contributed by atoms with Gasteiger partial charge in [0.25, 0.3) is 0 Å². The zero-order valence-electron chi connectivity index (χ0n) is 6.89. The molecule has 0 aromatic carbocycles. The van der Waals surface area contributed by atoms with Gasteiger partial charge in [-0.05, 0) is 19.6 Å². The Bertz CT molecular complexity index is 80.9. The normalized spacial score (nSPS) is 16.8. The molecular weight excluding hydrogens is 180 g/mol. The Morgan fingerprint density at radius 1 is 1.50 bits per heavy atom. The van der Waals surface area contributed by atoms with Crippen LogP contribution in [-0.4, -0.2) is 10.3 Å². The lowest BCUT2D eigenvalue weighted by Gasteiger charge is -2.20. The highest BCUT2D eigenvalue weighted by molar-refractivity contribution is 8.78. The van der Waals surface area contributed by atoms with Crippen molar-refractivity contribution in [2.45, 2.75) is 37.2 Å². The molecule has 3 heteroatoms. The summed E-state index contributed by atoms with van der Waals surface area (Å²) in [4.78, 5) is 0. The summed E-state index contributed by atoms with van der Waals surface area (Å²) >= 11 is 4.54. The second-order valence-corrected chi connectivity index (χ2v) is 6.72. The molecule has 0 fully saturated rings. The van der Waals surface area contributed by atoms with Crippen molar-refractivity contribution in [2.24, 2.45) is 0 Å². The lowest BCUT2D eigenvalue weighted by Crippen LogP contribution is -2.08. The third kappa shape index (κ3) is 5.81. The molecule has 0 heterocycles. The van der Waals surface area contributed by atoms with Crippen molar-refractivity contribution in [3.05, 3.63) is 0 Å². The van der Waals surface area contributed by atoms with Crippen molar-refractivity contribution in [2.75, 3.05) is 6.26 Å². The van der Waals surface area contributed by atoms with E-state index in [-0.39, 0.29) is 4.08 Å². The van der Waals surface area contributed by atoms with Crippen molar-refractivity contribution in [1.82, 2.24) is 0 Å². The van der Waals surface area contributed by atoms with E-state index in [9.17, 15) is 0 Å². The van der Waals surface area contributed by atoms with Crippen LogP contribution in [0.1, 0.15) is 33.1 Å². The zero-order chi connectivity index (χ0) is 8.04. The smallest absolute Gasteiger partial charge is 0.0656 e. The van der Waals surface area contributed by atoms with Crippen LogP contribution in [0.15, 0.2) is 0 Å². The Kier molecular flexibility index (Phi) is 6.26. The molecule has 0 aliphatic heterocycles. The van der Waals surface area contributed by atoms with Crippen LogP contribution < -0.4 is 0 Å². The topological polar surface area (TPSA) is 0 Å². The van der Waals surface area contributed by atoms with E-state index in [0.717, 1.165) is 0 Å². The minimum absolute atomic E-state index is 0.176. The molecule has 0 rings (SSSR count). The summed E-state index contributed by atoms with van der Waals surface area (Å²) < 4.78 is 0.176. The van der Waals surface area contributed by atoms with E-state index in [1.54, 1.807) is 10.8 Å². The first-order valence-electron chi connectivity index (χ1n) is 3.56. The van der Waals surface area contributed by atoms with Crippen LogP contribution >= 0.6 is 34.2 Å². The molecule has 62 valence electrons. The van der Waals surface area contributed by atoms with Crippen LogP contribution in [0, 0.1) is 0 Å². The molecule has 0 aliphatic carbocycles. The molecule has 0 amide bonds. The first kappa shape index (κ1) is 11.1. The molecular formula is C7H16S3. The summed E-state index contributed by atoms with van der Waals surface area (Å²) in [6.45, 7) is 4.40. The molecule has 0 nitrogen and oxygen atoms in total. The summed E-state index contributed by atoms with van der Waals surface area (Å²) in [5, 5.41) is 0. The van der Waals surface area contributed by atoms with Gasteiger partial charge in [-0.25, -0.2) is 0 Å². The van der Waals surface area contributed by atoms with E-state index >= 15 is 0 Å². The Morgan fingerprint density at radius 3 is 2.50 bits per heavy atom. The summed E-state index contributed by atoms with van der Waals surface area (Å²) in [7, 11) is 3.65. The molecule has 0 aromatic rings. The molecule has 0 saturated carbocycles. The molecule has 0 aromatic heterocycles. The average molecular weight is 196 g/mol. The third-order valence-electron chi connectivity index (χ3n) is 1.26. The first-order chi connectivity index (χ1) is 4.62. The van der Waals surface area contributed by atoms with Gasteiger partial charge in [-0.3, -0.25) is 0 Å². The number of hydrogen-bond acceptors (Lipinski definition) is 3. The van der Waals surface area contributed by atoms with E-state index in [4.69, 9.17) is 0 Å². The van der Waals surface area contributed by atoms with E-state index in [1.165, 1.54) is 19.3 Å². The predicted molar refractivity (Wildman–Crippen MR) is 58.0 cm³/mol. The third-order valence-corrected chi connectivity index (χ3v) is 4.46. The van der Waals surface area contributed by atoms with Gasteiger partial charge in [-0.15, -0.1) is 0 Å². The number of unbranched alkanes of at least 4 members (excludes halogenated alkanes) is 1. The van der Waals surface area contributed by atoms with Gasteiger partial charge < -0.3 is 0 Å². The monoisotopic (exact) mass is 196 g/mol. The number of rotatable bonds is 5. The second-order valence-electron chi connectivity index (χ2n) is 2.53. The van der Waals surface area contributed by atoms with Gasteiger partial charge in [0.05, 0.1) is 4.08 Å². The highest BCUT2D eigenvalue weighted by Crippen LogP contribution is 2.40. The quantitative estimate of drug-likeness (QED) is 0.403. The highest BCUT2D eigenvalue weighted by atomic mass is 33.1. The van der Waals surface area contributed by atoms with Gasteiger partial charge in [0.1, 0.15) is 0 Å². The van der Waals surface area contributed by atoms with E-state index in [1.807, 2.05) is 10.8 Å². The maximum atomic E-state index is 4.54. The fourth-order valence-corrected chi connectivity index (χ4v) is 3.47. The summed E-state index contributed by atoms with van der Waals surface area (Å²) in [5.74, 6) is 0. The Hall–Kier alpha value is 1.05. The summed E-state index contributed by atoms with van der Waals surface area (Å²) in [6, 6.07) is 0. The SMILES string of the molecule is CCCCC(C)(S)SSC. The van der Waals surface area contributed by atoms with Gasteiger partial charge in [0, 0.05) is 0 Å². The minimum atomic E-state index is 0.176. The van der Waals surface area contributed by atoms with Crippen LogP contribution in [-0.2, 0) is 0 Å². The molecule has 0 bridgehead atoms.